The van der Waals surface area contributed by atoms with E-state index in [0.29, 0.717) is 24.5 Å². The molecule has 0 unspecified atom stereocenters. The first-order valence-electron chi connectivity index (χ1n) is 8.89. The number of amides is 1. The minimum Gasteiger partial charge on any atom is -0.289 e. The van der Waals surface area contributed by atoms with E-state index in [0.717, 1.165) is 30.7 Å². The molecule has 0 saturated heterocycles. The van der Waals surface area contributed by atoms with Crippen molar-refractivity contribution in [3.63, 3.8) is 0 Å². The molecule has 2 aromatic rings. The minimum atomic E-state index is -0.372. The van der Waals surface area contributed by atoms with Gasteiger partial charge in [0.2, 0.25) is 5.91 Å². The van der Waals surface area contributed by atoms with Gasteiger partial charge < -0.3 is 0 Å². The van der Waals surface area contributed by atoms with Gasteiger partial charge in [-0.25, -0.2) is 5.48 Å². The Bertz CT molecular complexity index is 756. The lowest BCUT2D eigenvalue weighted by Crippen LogP contribution is -2.33. The van der Waals surface area contributed by atoms with E-state index < -0.39 is 0 Å². The van der Waals surface area contributed by atoms with Gasteiger partial charge in [-0.05, 0) is 56.0 Å². The van der Waals surface area contributed by atoms with Crippen molar-refractivity contribution in [3.8, 4) is 0 Å². The quantitative estimate of drug-likeness (QED) is 0.574. The van der Waals surface area contributed by atoms with Crippen LogP contribution in [0.1, 0.15) is 48.7 Å². The van der Waals surface area contributed by atoms with Crippen molar-refractivity contribution in [1.82, 2.24) is 20.3 Å². The van der Waals surface area contributed by atoms with E-state index in [4.69, 9.17) is 16.8 Å². The Morgan fingerprint density at radius 1 is 1.31 bits per heavy atom. The number of hydrogen-bond donors (Lipinski definition) is 2. The van der Waals surface area contributed by atoms with Crippen molar-refractivity contribution >= 4 is 17.5 Å². The summed E-state index contributed by atoms with van der Waals surface area (Å²) in [4.78, 5) is 22.7. The molecule has 2 aromatic heterocycles. The maximum Gasteiger partial charge on any atom is 0.243 e. The number of nitrogens with one attached hydrogen (secondary N) is 1. The van der Waals surface area contributed by atoms with Crippen molar-refractivity contribution in [3.05, 3.63) is 58.6 Å². The minimum absolute atomic E-state index is 0.176. The van der Waals surface area contributed by atoms with Crippen LogP contribution in [0.5, 0.6) is 0 Å². The van der Waals surface area contributed by atoms with Crippen LogP contribution in [0.4, 0.5) is 0 Å². The van der Waals surface area contributed by atoms with Gasteiger partial charge in [0.25, 0.3) is 0 Å². The third-order valence-corrected chi connectivity index (χ3v) is 5.11. The molecule has 0 aliphatic heterocycles. The van der Waals surface area contributed by atoms with Crippen molar-refractivity contribution < 1.29 is 10.0 Å². The summed E-state index contributed by atoms with van der Waals surface area (Å²) in [5, 5.41) is 9.34. The zero-order chi connectivity index (χ0) is 18.4. The molecule has 0 bridgehead atoms. The fourth-order valence-corrected chi connectivity index (χ4v) is 3.69. The summed E-state index contributed by atoms with van der Waals surface area (Å²) in [6.07, 6.45) is 7.65. The van der Waals surface area contributed by atoms with E-state index in [1.165, 1.54) is 5.56 Å². The van der Waals surface area contributed by atoms with E-state index in [-0.39, 0.29) is 18.4 Å². The summed E-state index contributed by atoms with van der Waals surface area (Å²) in [5.41, 5.74) is 4.91. The number of carbonyl (C=O) groups is 1. The molecule has 3 rings (SSSR count). The van der Waals surface area contributed by atoms with Crippen LogP contribution < -0.4 is 5.48 Å². The first-order valence-corrected chi connectivity index (χ1v) is 9.27. The monoisotopic (exact) mass is 374 g/mol. The molecule has 6 nitrogen and oxygen atoms in total. The van der Waals surface area contributed by atoms with Gasteiger partial charge in [-0.3, -0.25) is 24.9 Å². The van der Waals surface area contributed by atoms with E-state index in [1.54, 1.807) is 11.7 Å². The molecule has 0 radical (unpaired) electrons. The second-order valence-corrected chi connectivity index (χ2v) is 6.90. The van der Waals surface area contributed by atoms with Gasteiger partial charge in [0.1, 0.15) is 0 Å². The lowest BCUT2D eigenvalue weighted by Gasteiger charge is -2.35. The van der Waals surface area contributed by atoms with Gasteiger partial charge in [-0.2, -0.15) is 0 Å². The zero-order valence-corrected chi connectivity index (χ0v) is 15.3. The highest BCUT2D eigenvalue weighted by molar-refractivity contribution is 6.31. The highest BCUT2D eigenvalue weighted by Crippen LogP contribution is 2.34. The van der Waals surface area contributed by atoms with Crippen molar-refractivity contribution in [2.24, 2.45) is 0 Å². The number of fused-ring (bicyclic) bond motifs is 1. The Kier molecular flexibility index (Phi) is 6.55. The Morgan fingerprint density at radius 2 is 2.12 bits per heavy atom. The van der Waals surface area contributed by atoms with Crippen LogP contribution in [0.2, 0.25) is 5.02 Å². The van der Waals surface area contributed by atoms with Gasteiger partial charge in [0, 0.05) is 25.4 Å². The summed E-state index contributed by atoms with van der Waals surface area (Å²) in [6, 6.07) is 7.95. The SMILES string of the molecule is O=C(CCCN(Cc1ncccc1Cl)[C@H]1CCCc2cccnc21)NO. The summed E-state index contributed by atoms with van der Waals surface area (Å²) in [7, 11) is 0. The molecule has 138 valence electrons. The predicted molar refractivity (Wildman–Crippen MR) is 98.7 cm³/mol. The second kappa shape index (κ2) is 9.07. The Balaban J connectivity index is 1.81. The largest absolute Gasteiger partial charge is 0.289 e. The average Bonchev–Trinajstić information content (AvgIpc) is 2.68. The van der Waals surface area contributed by atoms with Gasteiger partial charge in [0.05, 0.1) is 22.5 Å². The normalized spacial score (nSPS) is 16.3. The average molecular weight is 375 g/mol. The van der Waals surface area contributed by atoms with E-state index in [9.17, 15) is 4.79 Å². The van der Waals surface area contributed by atoms with E-state index >= 15 is 0 Å². The van der Waals surface area contributed by atoms with Crippen LogP contribution >= 0.6 is 11.6 Å². The molecule has 2 heterocycles. The van der Waals surface area contributed by atoms with Crippen molar-refractivity contribution in [1.29, 1.82) is 0 Å². The number of aromatic nitrogens is 2. The lowest BCUT2D eigenvalue weighted by molar-refractivity contribution is -0.129. The number of pyridine rings is 2. The number of hydroxylamine groups is 1. The molecule has 1 aliphatic carbocycles. The van der Waals surface area contributed by atoms with E-state index in [2.05, 4.69) is 20.9 Å². The number of aryl methyl sites for hydroxylation is 1. The molecular formula is C19H23ClN4O2. The molecule has 0 fully saturated rings. The van der Waals surface area contributed by atoms with Crippen molar-refractivity contribution in [2.75, 3.05) is 6.54 Å². The van der Waals surface area contributed by atoms with Gasteiger partial charge >= 0.3 is 0 Å². The standard InChI is InChI=1S/C19H23ClN4O2/c20-15-7-3-10-21-16(15)13-24(12-4-9-18(25)23-26)17-8-1-5-14-6-2-11-22-19(14)17/h2-3,6-7,10-11,17,26H,1,4-5,8-9,12-13H2,(H,23,25)/t17-/m0/s1. The van der Waals surface area contributed by atoms with Crippen LogP contribution in [0, 0.1) is 0 Å². The smallest absolute Gasteiger partial charge is 0.243 e. The summed E-state index contributed by atoms with van der Waals surface area (Å²) in [6.45, 7) is 1.29. The van der Waals surface area contributed by atoms with Crippen LogP contribution in [-0.4, -0.2) is 32.5 Å². The maximum absolute atomic E-state index is 11.4. The maximum atomic E-state index is 11.4. The zero-order valence-electron chi connectivity index (χ0n) is 14.6. The molecule has 1 atom stereocenters. The molecule has 1 aliphatic rings. The number of rotatable bonds is 7. The molecule has 1 amide bonds. The fraction of sp³-hybridized carbons (Fsp3) is 0.421. The summed E-state index contributed by atoms with van der Waals surface area (Å²) >= 11 is 6.31. The topological polar surface area (TPSA) is 78.4 Å². The molecule has 7 heteroatoms. The highest BCUT2D eigenvalue weighted by atomic mass is 35.5. The molecule has 0 aromatic carbocycles. The predicted octanol–water partition coefficient (Wildman–Crippen LogP) is 3.30. The highest BCUT2D eigenvalue weighted by Gasteiger charge is 2.27. The number of carbonyl (C=O) groups excluding carboxylic acids is 1. The third kappa shape index (κ3) is 4.58. The fourth-order valence-electron chi connectivity index (χ4n) is 3.51. The first-order chi connectivity index (χ1) is 12.7. The third-order valence-electron chi connectivity index (χ3n) is 4.77. The molecule has 0 spiro atoms. The number of hydrogen-bond acceptors (Lipinski definition) is 5. The molecule has 2 N–H and O–H groups in total. The van der Waals surface area contributed by atoms with Crippen LogP contribution in [0.25, 0.3) is 0 Å². The lowest BCUT2D eigenvalue weighted by atomic mass is 9.90. The summed E-state index contributed by atoms with van der Waals surface area (Å²) < 4.78 is 0. The number of nitrogens with zero attached hydrogens (tertiary/aromatic N) is 3. The van der Waals surface area contributed by atoms with Crippen LogP contribution in [0.15, 0.2) is 36.7 Å². The molecule has 26 heavy (non-hydrogen) atoms. The van der Waals surface area contributed by atoms with Gasteiger partial charge in [-0.1, -0.05) is 17.7 Å². The first kappa shape index (κ1) is 18.8. The Labute approximate surface area is 158 Å². The molecular weight excluding hydrogens is 352 g/mol. The van der Waals surface area contributed by atoms with Crippen LogP contribution in [-0.2, 0) is 17.8 Å². The summed E-state index contributed by atoms with van der Waals surface area (Å²) in [5.74, 6) is -0.372. The van der Waals surface area contributed by atoms with Gasteiger partial charge in [-0.15, -0.1) is 0 Å². The Morgan fingerprint density at radius 3 is 2.92 bits per heavy atom. The Hall–Kier alpha value is -2.02. The van der Waals surface area contributed by atoms with Gasteiger partial charge in [0.15, 0.2) is 0 Å². The second-order valence-electron chi connectivity index (χ2n) is 6.50. The molecule has 0 saturated carbocycles. The van der Waals surface area contributed by atoms with Crippen LogP contribution in [0.3, 0.4) is 0 Å². The number of halogens is 1. The van der Waals surface area contributed by atoms with Crippen molar-refractivity contribution in [2.45, 2.75) is 44.7 Å². The van der Waals surface area contributed by atoms with E-state index in [1.807, 2.05) is 24.4 Å².